The third-order valence-corrected chi connectivity index (χ3v) is 5.29. The standard InChI is InChI=1S/C17H26N4O3/c1-12(10-13-4-2-3-5-13)15(22)20-6-8-21(9-7-20)16(23)14-11-18-17(24)19-14/h11-13H,2-10H2,1H3,(H2,18,19,24). The number of nitrogens with zero attached hydrogens (tertiary/aromatic N) is 2. The largest absolute Gasteiger partial charge is 0.339 e. The van der Waals surface area contributed by atoms with E-state index in [1.807, 2.05) is 11.8 Å². The van der Waals surface area contributed by atoms with Crippen LogP contribution in [0.1, 0.15) is 49.5 Å². The molecule has 7 nitrogen and oxygen atoms in total. The Morgan fingerprint density at radius 3 is 2.38 bits per heavy atom. The molecule has 132 valence electrons. The number of amides is 2. The minimum absolute atomic E-state index is 0.0661. The van der Waals surface area contributed by atoms with Gasteiger partial charge in [-0.2, -0.15) is 0 Å². The third-order valence-electron chi connectivity index (χ3n) is 5.29. The van der Waals surface area contributed by atoms with Crippen LogP contribution < -0.4 is 5.69 Å². The van der Waals surface area contributed by atoms with Gasteiger partial charge < -0.3 is 19.8 Å². The molecule has 1 aliphatic heterocycles. The number of aromatic nitrogens is 2. The van der Waals surface area contributed by atoms with Crippen molar-refractivity contribution in [2.24, 2.45) is 11.8 Å². The Labute approximate surface area is 141 Å². The molecule has 1 unspecified atom stereocenters. The van der Waals surface area contributed by atoms with Gasteiger partial charge in [0.2, 0.25) is 5.91 Å². The van der Waals surface area contributed by atoms with Gasteiger partial charge in [-0.1, -0.05) is 32.6 Å². The highest BCUT2D eigenvalue weighted by Crippen LogP contribution is 2.30. The fraction of sp³-hybridized carbons (Fsp3) is 0.706. The van der Waals surface area contributed by atoms with E-state index >= 15 is 0 Å². The monoisotopic (exact) mass is 334 g/mol. The van der Waals surface area contributed by atoms with Gasteiger partial charge in [0.1, 0.15) is 5.69 Å². The van der Waals surface area contributed by atoms with Crippen LogP contribution in [0.2, 0.25) is 0 Å². The zero-order valence-electron chi connectivity index (χ0n) is 14.2. The van der Waals surface area contributed by atoms with Gasteiger partial charge in [0.05, 0.1) is 0 Å². The van der Waals surface area contributed by atoms with Gasteiger partial charge in [-0.25, -0.2) is 4.79 Å². The fourth-order valence-corrected chi connectivity index (χ4v) is 3.91. The predicted octanol–water partition coefficient (Wildman–Crippen LogP) is 1.20. The molecule has 2 N–H and O–H groups in total. The molecule has 2 heterocycles. The third kappa shape index (κ3) is 3.71. The molecule has 24 heavy (non-hydrogen) atoms. The second-order valence-corrected chi connectivity index (χ2v) is 7.06. The van der Waals surface area contributed by atoms with Gasteiger partial charge in [0, 0.05) is 38.3 Å². The molecule has 1 saturated heterocycles. The first-order valence-electron chi connectivity index (χ1n) is 8.90. The quantitative estimate of drug-likeness (QED) is 0.867. The van der Waals surface area contributed by atoms with Crippen LogP contribution in [0, 0.1) is 11.8 Å². The lowest BCUT2D eigenvalue weighted by atomic mass is 9.93. The first-order chi connectivity index (χ1) is 11.5. The number of piperazine rings is 1. The van der Waals surface area contributed by atoms with E-state index in [9.17, 15) is 14.4 Å². The first-order valence-corrected chi connectivity index (χ1v) is 8.90. The molecule has 2 aliphatic rings. The van der Waals surface area contributed by atoms with Gasteiger partial charge in [0.25, 0.3) is 5.91 Å². The summed E-state index contributed by atoms with van der Waals surface area (Å²) in [5.41, 5.74) is -0.109. The molecular weight excluding hydrogens is 308 g/mol. The number of hydrogen-bond donors (Lipinski definition) is 2. The molecule has 2 amide bonds. The van der Waals surface area contributed by atoms with Crippen LogP contribution in [-0.4, -0.2) is 57.8 Å². The lowest BCUT2D eigenvalue weighted by Crippen LogP contribution is -2.52. The Bertz CT molecular complexity index is 636. The lowest BCUT2D eigenvalue weighted by Gasteiger charge is -2.36. The Hall–Kier alpha value is -2.05. The summed E-state index contributed by atoms with van der Waals surface area (Å²) in [4.78, 5) is 44.5. The van der Waals surface area contributed by atoms with Crippen molar-refractivity contribution in [3.05, 3.63) is 22.4 Å². The van der Waals surface area contributed by atoms with Crippen LogP contribution in [0.3, 0.4) is 0 Å². The van der Waals surface area contributed by atoms with Crippen molar-refractivity contribution < 1.29 is 9.59 Å². The van der Waals surface area contributed by atoms with Gasteiger partial charge >= 0.3 is 5.69 Å². The number of H-pyrrole nitrogens is 2. The number of carbonyl (C=O) groups excluding carboxylic acids is 2. The highest BCUT2D eigenvalue weighted by atomic mass is 16.2. The second-order valence-electron chi connectivity index (χ2n) is 7.06. The SMILES string of the molecule is CC(CC1CCCC1)C(=O)N1CCN(C(=O)c2c[nH]c(=O)[nH]2)CC1. The van der Waals surface area contributed by atoms with Gasteiger partial charge in [-0.05, 0) is 12.3 Å². The Kier molecular flexibility index (Phi) is 5.06. The highest BCUT2D eigenvalue weighted by Gasteiger charge is 2.29. The maximum absolute atomic E-state index is 12.6. The minimum atomic E-state index is -0.382. The second kappa shape index (κ2) is 7.23. The molecule has 1 saturated carbocycles. The molecule has 0 aromatic carbocycles. The number of aromatic amines is 2. The molecular formula is C17H26N4O3. The van der Waals surface area contributed by atoms with Crippen LogP contribution in [0.15, 0.2) is 11.0 Å². The van der Waals surface area contributed by atoms with Crippen LogP contribution in [0.25, 0.3) is 0 Å². The molecule has 0 radical (unpaired) electrons. The fourth-order valence-electron chi connectivity index (χ4n) is 3.91. The van der Waals surface area contributed by atoms with Crippen molar-refractivity contribution in [3.8, 4) is 0 Å². The molecule has 1 aromatic heterocycles. The van der Waals surface area contributed by atoms with E-state index in [1.165, 1.54) is 31.9 Å². The van der Waals surface area contributed by atoms with Crippen LogP contribution in [0.5, 0.6) is 0 Å². The highest BCUT2D eigenvalue weighted by molar-refractivity contribution is 5.92. The summed E-state index contributed by atoms with van der Waals surface area (Å²) in [5.74, 6) is 0.789. The smallest absolute Gasteiger partial charge is 0.323 e. The van der Waals surface area contributed by atoms with E-state index < -0.39 is 0 Å². The summed E-state index contributed by atoms with van der Waals surface area (Å²) < 4.78 is 0. The zero-order chi connectivity index (χ0) is 17.1. The average Bonchev–Trinajstić information content (AvgIpc) is 3.25. The van der Waals surface area contributed by atoms with Crippen LogP contribution in [0.4, 0.5) is 0 Å². The van der Waals surface area contributed by atoms with Crippen molar-refractivity contribution in [2.45, 2.75) is 39.0 Å². The molecule has 1 aromatic rings. The van der Waals surface area contributed by atoms with Crippen molar-refractivity contribution in [3.63, 3.8) is 0 Å². The topological polar surface area (TPSA) is 89.3 Å². The first kappa shape index (κ1) is 16.8. The van der Waals surface area contributed by atoms with E-state index in [0.29, 0.717) is 32.1 Å². The summed E-state index contributed by atoms with van der Waals surface area (Å²) in [6.45, 7) is 4.17. The maximum Gasteiger partial charge on any atom is 0.323 e. The van der Waals surface area contributed by atoms with Crippen molar-refractivity contribution in [1.29, 1.82) is 0 Å². The van der Waals surface area contributed by atoms with Crippen LogP contribution in [-0.2, 0) is 4.79 Å². The van der Waals surface area contributed by atoms with E-state index in [-0.39, 0.29) is 29.1 Å². The van der Waals surface area contributed by atoms with Crippen molar-refractivity contribution >= 4 is 11.8 Å². The summed E-state index contributed by atoms with van der Waals surface area (Å²) in [6, 6.07) is 0. The number of rotatable bonds is 4. The number of carbonyl (C=O) groups is 2. The van der Waals surface area contributed by atoms with Gasteiger partial charge in [-0.3, -0.25) is 9.59 Å². The molecule has 1 aliphatic carbocycles. The lowest BCUT2D eigenvalue weighted by molar-refractivity contribution is -0.137. The Morgan fingerprint density at radius 2 is 1.79 bits per heavy atom. The summed E-state index contributed by atoms with van der Waals surface area (Å²) in [5, 5.41) is 0. The molecule has 3 rings (SSSR count). The van der Waals surface area contributed by atoms with E-state index in [4.69, 9.17) is 0 Å². The summed E-state index contributed by atoms with van der Waals surface area (Å²) in [7, 11) is 0. The van der Waals surface area contributed by atoms with E-state index in [0.717, 1.165) is 6.42 Å². The molecule has 0 bridgehead atoms. The number of nitrogens with one attached hydrogen (secondary N) is 2. The van der Waals surface area contributed by atoms with Crippen LogP contribution >= 0.6 is 0 Å². The summed E-state index contributed by atoms with van der Waals surface area (Å²) >= 11 is 0. The zero-order valence-corrected chi connectivity index (χ0v) is 14.2. The average molecular weight is 334 g/mol. The number of hydrogen-bond acceptors (Lipinski definition) is 3. The molecule has 1 atom stereocenters. The Morgan fingerprint density at radius 1 is 1.17 bits per heavy atom. The Balaban J connectivity index is 1.49. The van der Waals surface area contributed by atoms with Crippen molar-refractivity contribution in [1.82, 2.24) is 19.8 Å². The maximum atomic E-state index is 12.6. The molecule has 7 heteroatoms. The normalized spacial score (nSPS) is 20.4. The summed E-state index contributed by atoms with van der Waals surface area (Å²) in [6.07, 6.45) is 7.50. The number of imidazole rings is 1. The molecule has 2 fully saturated rings. The van der Waals surface area contributed by atoms with E-state index in [1.54, 1.807) is 4.90 Å². The van der Waals surface area contributed by atoms with Crippen molar-refractivity contribution in [2.75, 3.05) is 26.2 Å². The van der Waals surface area contributed by atoms with E-state index in [2.05, 4.69) is 9.97 Å². The van der Waals surface area contributed by atoms with Gasteiger partial charge in [0.15, 0.2) is 0 Å². The van der Waals surface area contributed by atoms with Gasteiger partial charge in [-0.15, -0.1) is 0 Å². The minimum Gasteiger partial charge on any atom is -0.339 e. The molecule has 0 spiro atoms. The predicted molar refractivity (Wildman–Crippen MR) is 89.6 cm³/mol.